The van der Waals surface area contributed by atoms with Gasteiger partial charge in [0.15, 0.2) is 0 Å². The molecule has 0 saturated carbocycles. The summed E-state index contributed by atoms with van der Waals surface area (Å²) in [6, 6.07) is 4.30. The minimum absolute atomic E-state index is 0.0133. The van der Waals surface area contributed by atoms with Gasteiger partial charge in [-0.25, -0.2) is 0 Å². The Labute approximate surface area is 139 Å². The highest BCUT2D eigenvalue weighted by atomic mass is 35.5. The number of amides is 1. The van der Waals surface area contributed by atoms with Crippen molar-refractivity contribution in [3.63, 3.8) is 0 Å². The van der Waals surface area contributed by atoms with E-state index in [2.05, 4.69) is 5.32 Å². The van der Waals surface area contributed by atoms with Crippen LogP contribution in [0.25, 0.3) is 0 Å². The van der Waals surface area contributed by atoms with Crippen LogP contribution in [0.1, 0.15) is 18.4 Å². The lowest BCUT2D eigenvalue weighted by Gasteiger charge is -2.18. The fourth-order valence-electron chi connectivity index (χ4n) is 2.48. The molecule has 1 N–H and O–H groups in total. The number of hydrogen-bond donors (Lipinski definition) is 1. The molecule has 0 bridgehead atoms. The van der Waals surface area contributed by atoms with Gasteiger partial charge in [-0.1, -0.05) is 11.6 Å². The molecule has 0 aromatic heterocycles. The number of carbonyl (C=O) groups is 1. The molecule has 1 saturated heterocycles. The van der Waals surface area contributed by atoms with Crippen LogP contribution in [0, 0.1) is 10.1 Å². The second-order valence-corrected chi connectivity index (χ2v) is 6.05. The van der Waals surface area contributed by atoms with Crippen LogP contribution in [-0.4, -0.2) is 48.6 Å². The molecule has 1 fully saturated rings. The maximum absolute atomic E-state index is 11.9. The maximum atomic E-state index is 11.9. The molecule has 8 heteroatoms. The van der Waals surface area contributed by atoms with Gasteiger partial charge in [0.05, 0.1) is 17.6 Å². The van der Waals surface area contributed by atoms with Crippen LogP contribution in [-0.2, 0) is 16.1 Å². The fraction of sp³-hybridized carbons (Fsp3) is 0.533. The van der Waals surface area contributed by atoms with E-state index >= 15 is 0 Å². The Balaban J connectivity index is 1.83. The summed E-state index contributed by atoms with van der Waals surface area (Å²) in [5, 5.41) is 14.1. The van der Waals surface area contributed by atoms with Gasteiger partial charge in [0.25, 0.3) is 5.69 Å². The predicted octanol–water partition coefficient (Wildman–Crippen LogP) is 1.98. The molecule has 23 heavy (non-hydrogen) atoms. The lowest BCUT2D eigenvalue weighted by atomic mass is 10.2. The number of hydrogen-bond acceptors (Lipinski definition) is 5. The average Bonchev–Trinajstić information content (AvgIpc) is 3.00. The van der Waals surface area contributed by atoms with Crippen molar-refractivity contribution in [2.24, 2.45) is 0 Å². The average molecular weight is 342 g/mol. The number of ether oxygens (including phenoxy) is 1. The highest BCUT2D eigenvalue weighted by Gasteiger charge is 2.17. The van der Waals surface area contributed by atoms with Gasteiger partial charge in [-0.2, -0.15) is 0 Å². The molecule has 126 valence electrons. The van der Waals surface area contributed by atoms with Gasteiger partial charge in [-0.15, -0.1) is 0 Å². The molecule has 0 radical (unpaired) electrons. The van der Waals surface area contributed by atoms with Gasteiger partial charge in [0.1, 0.15) is 0 Å². The molecule has 2 rings (SSSR count). The molecule has 1 atom stereocenters. The van der Waals surface area contributed by atoms with Crippen LogP contribution in [0.4, 0.5) is 5.69 Å². The van der Waals surface area contributed by atoms with Crippen molar-refractivity contribution in [2.75, 3.05) is 26.7 Å². The van der Waals surface area contributed by atoms with Crippen molar-refractivity contribution in [1.29, 1.82) is 0 Å². The Kier molecular flexibility index (Phi) is 6.32. The zero-order chi connectivity index (χ0) is 16.8. The van der Waals surface area contributed by atoms with Gasteiger partial charge in [-0.3, -0.25) is 19.8 Å². The molecule has 0 spiro atoms. The number of nitro benzene ring substituents is 1. The van der Waals surface area contributed by atoms with E-state index in [0.29, 0.717) is 23.7 Å². The Morgan fingerprint density at radius 3 is 3.00 bits per heavy atom. The van der Waals surface area contributed by atoms with E-state index in [1.807, 2.05) is 0 Å². The van der Waals surface area contributed by atoms with Crippen LogP contribution in [0.15, 0.2) is 18.2 Å². The SMILES string of the molecule is CN(CC(=O)NCC1CCCO1)Cc1cc([N+](=O)[O-])ccc1Cl. The van der Waals surface area contributed by atoms with E-state index in [1.54, 1.807) is 11.9 Å². The molecular formula is C15H20ClN3O4. The van der Waals surface area contributed by atoms with Crippen LogP contribution in [0.2, 0.25) is 5.02 Å². The van der Waals surface area contributed by atoms with Gasteiger partial charge >= 0.3 is 0 Å². The summed E-state index contributed by atoms with van der Waals surface area (Å²) in [7, 11) is 1.76. The first-order chi connectivity index (χ1) is 11.0. The summed E-state index contributed by atoms with van der Waals surface area (Å²) in [6.45, 7) is 1.82. The molecule has 7 nitrogen and oxygen atoms in total. The predicted molar refractivity (Wildman–Crippen MR) is 86.4 cm³/mol. The largest absolute Gasteiger partial charge is 0.376 e. The van der Waals surface area contributed by atoms with E-state index in [4.69, 9.17) is 16.3 Å². The minimum Gasteiger partial charge on any atom is -0.376 e. The highest BCUT2D eigenvalue weighted by molar-refractivity contribution is 6.31. The third-order valence-electron chi connectivity index (χ3n) is 3.64. The van der Waals surface area contributed by atoms with Crippen molar-refractivity contribution in [1.82, 2.24) is 10.2 Å². The number of non-ortho nitro benzene ring substituents is 1. The minimum atomic E-state index is -0.464. The van der Waals surface area contributed by atoms with Gasteiger partial charge < -0.3 is 10.1 Å². The lowest BCUT2D eigenvalue weighted by Crippen LogP contribution is -2.38. The fourth-order valence-corrected chi connectivity index (χ4v) is 2.65. The molecule has 0 aliphatic carbocycles. The van der Waals surface area contributed by atoms with Crippen LogP contribution in [0.3, 0.4) is 0 Å². The molecule has 1 aromatic rings. The summed E-state index contributed by atoms with van der Waals surface area (Å²) in [5.74, 6) is -0.107. The first-order valence-electron chi connectivity index (χ1n) is 7.45. The number of nitrogens with one attached hydrogen (secondary N) is 1. The highest BCUT2D eigenvalue weighted by Crippen LogP contribution is 2.23. The molecule has 1 heterocycles. The maximum Gasteiger partial charge on any atom is 0.269 e. The Morgan fingerprint density at radius 1 is 1.57 bits per heavy atom. The number of halogens is 1. The third kappa shape index (κ3) is 5.46. The summed E-state index contributed by atoms with van der Waals surface area (Å²) in [6.07, 6.45) is 2.11. The number of likely N-dealkylation sites (N-methyl/N-ethyl adjacent to an activating group) is 1. The summed E-state index contributed by atoms with van der Waals surface area (Å²) < 4.78 is 5.45. The number of carbonyl (C=O) groups excluding carboxylic acids is 1. The van der Waals surface area contributed by atoms with Crippen molar-refractivity contribution in [3.8, 4) is 0 Å². The Bertz CT molecular complexity index is 576. The lowest BCUT2D eigenvalue weighted by molar-refractivity contribution is -0.384. The quantitative estimate of drug-likeness (QED) is 0.605. The summed E-state index contributed by atoms with van der Waals surface area (Å²) >= 11 is 6.06. The summed E-state index contributed by atoms with van der Waals surface area (Å²) in [5.41, 5.74) is 0.607. The first kappa shape index (κ1) is 17.7. The third-order valence-corrected chi connectivity index (χ3v) is 4.01. The second kappa shape index (κ2) is 8.24. The van der Waals surface area contributed by atoms with Crippen LogP contribution >= 0.6 is 11.6 Å². The number of benzene rings is 1. The van der Waals surface area contributed by atoms with Gasteiger partial charge in [0, 0.05) is 36.9 Å². The monoisotopic (exact) mass is 341 g/mol. The number of nitrogens with zero attached hydrogens (tertiary/aromatic N) is 2. The summed E-state index contributed by atoms with van der Waals surface area (Å²) in [4.78, 5) is 24.0. The van der Waals surface area contributed by atoms with Crippen molar-refractivity contribution >= 4 is 23.2 Å². The second-order valence-electron chi connectivity index (χ2n) is 5.64. The van der Waals surface area contributed by atoms with Crippen molar-refractivity contribution < 1.29 is 14.5 Å². The molecule has 1 unspecified atom stereocenters. The number of nitro groups is 1. The molecular weight excluding hydrogens is 322 g/mol. The van der Waals surface area contributed by atoms with E-state index in [1.165, 1.54) is 18.2 Å². The van der Waals surface area contributed by atoms with Crippen molar-refractivity contribution in [3.05, 3.63) is 38.9 Å². The molecule has 1 amide bonds. The smallest absolute Gasteiger partial charge is 0.269 e. The van der Waals surface area contributed by atoms with Crippen LogP contribution < -0.4 is 5.32 Å². The Hall–Kier alpha value is -1.70. The van der Waals surface area contributed by atoms with E-state index < -0.39 is 4.92 Å². The van der Waals surface area contributed by atoms with Crippen molar-refractivity contribution in [2.45, 2.75) is 25.5 Å². The first-order valence-corrected chi connectivity index (χ1v) is 7.83. The number of rotatable bonds is 7. The zero-order valence-electron chi connectivity index (χ0n) is 13.0. The standard InChI is InChI=1S/C15H20ClN3O4/c1-18(10-15(20)17-8-13-3-2-6-23-13)9-11-7-12(19(21)22)4-5-14(11)16/h4-5,7,13H,2-3,6,8-10H2,1H3,(H,17,20). The van der Waals surface area contributed by atoms with E-state index in [0.717, 1.165) is 19.4 Å². The van der Waals surface area contributed by atoms with Gasteiger partial charge in [0.2, 0.25) is 5.91 Å². The molecule has 1 aromatic carbocycles. The zero-order valence-corrected chi connectivity index (χ0v) is 13.7. The van der Waals surface area contributed by atoms with Crippen LogP contribution in [0.5, 0.6) is 0 Å². The molecule has 1 aliphatic heterocycles. The van der Waals surface area contributed by atoms with Gasteiger partial charge in [-0.05, 0) is 31.5 Å². The topological polar surface area (TPSA) is 84.7 Å². The Morgan fingerprint density at radius 2 is 2.35 bits per heavy atom. The molecule has 1 aliphatic rings. The van der Waals surface area contributed by atoms with E-state index in [-0.39, 0.29) is 24.2 Å². The van der Waals surface area contributed by atoms with E-state index in [9.17, 15) is 14.9 Å². The normalized spacial score (nSPS) is 17.4.